The number of nitrogens with zero attached hydrogens (tertiary/aromatic N) is 5. The zero-order valence-corrected chi connectivity index (χ0v) is 24.4. The van der Waals surface area contributed by atoms with Crippen molar-refractivity contribution in [3.8, 4) is 0 Å². The topological polar surface area (TPSA) is 137 Å². The molecule has 3 heterocycles. The number of nitrogen functional groups attached to an aromatic ring is 1. The summed E-state index contributed by atoms with van der Waals surface area (Å²) in [4.78, 5) is 38.5. The molecule has 0 aliphatic carbocycles. The normalized spacial score (nSPS) is 19.0. The number of carbonyl (C=O) groups excluding carboxylic acids is 1. The molecule has 2 aromatic rings. The van der Waals surface area contributed by atoms with Crippen LogP contribution >= 0.6 is 23.2 Å². The molecule has 4 N–H and O–H groups in total. The number of likely N-dealkylation sites (tertiary alicyclic amines) is 1. The molecule has 0 bridgehead atoms. The highest BCUT2D eigenvalue weighted by Crippen LogP contribution is 2.30. The Kier molecular flexibility index (Phi) is 10.3. The van der Waals surface area contributed by atoms with Crippen LogP contribution in [-0.4, -0.2) is 95.4 Å². The Morgan fingerprint density at radius 2 is 1.90 bits per heavy atom. The highest BCUT2D eigenvalue weighted by Gasteiger charge is 2.34. The second-order valence-electron chi connectivity index (χ2n) is 10.2. The molecule has 40 heavy (non-hydrogen) atoms. The average molecular weight is 595 g/mol. The van der Waals surface area contributed by atoms with Crippen LogP contribution in [0.5, 0.6) is 0 Å². The van der Waals surface area contributed by atoms with Crippen molar-refractivity contribution in [3.05, 3.63) is 45.2 Å². The maximum atomic E-state index is 11.9. The first kappa shape index (κ1) is 30.1. The van der Waals surface area contributed by atoms with Gasteiger partial charge in [-0.15, -0.1) is 0 Å². The summed E-state index contributed by atoms with van der Waals surface area (Å²) in [6.07, 6.45) is 2.71. The number of carboxylic acid groups (broad SMARTS) is 1. The molecule has 0 spiro atoms. The van der Waals surface area contributed by atoms with Gasteiger partial charge in [0.15, 0.2) is 22.5 Å². The summed E-state index contributed by atoms with van der Waals surface area (Å²) in [7, 11) is 1.26. The Bertz CT molecular complexity index is 1210. The van der Waals surface area contributed by atoms with Gasteiger partial charge in [-0.25, -0.2) is 19.6 Å². The maximum Gasteiger partial charge on any atom is 0.404 e. The van der Waals surface area contributed by atoms with E-state index in [2.05, 4.69) is 43.0 Å². The van der Waals surface area contributed by atoms with Gasteiger partial charge in [0.05, 0.1) is 7.11 Å². The number of methoxy groups -OCH3 is 1. The van der Waals surface area contributed by atoms with E-state index in [9.17, 15) is 9.59 Å². The van der Waals surface area contributed by atoms with Crippen molar-refractivity contribution in [2.24, 2.45) is 0 Å². The predicted molar refractivity (Wildman–Crippen MR) is 155 cm³/mol. The lowest BCUT2D eigenvalue weighted by atomic mass is 9.97. The number of esters is 1. The molecule has 4 rings (SSSR count). The number of nitrogens with one attached hydrogen (secondary N) is 1. The van der Waals surface area contributed by atoms with Crippen molar-refractivity contribution in [1.29, 1.82) is 0 Å². The molecular formula is C27H37Cl2N7O4. The minimum absolute atomic E-state index is 0.0103. The monoisotopic (exact) mass is 593 g/mol. The van der Waals surface area contributed by atoms with Crippen molar-refractivity contribution in [3.63, 3.8) is 0 Å². The molecule has 1 aromatic carbocycles. The number of hydrogen-bond donors (Lipinski definition) is 3. The largest absolute Gasteiger partial charge is 0.465 e. The van der Waals surface area contributed by atoms with Gasteiger partial charge < -0.3 is 25.8 Å². The fraction of sp³-hybridized carbons (Fsp3) is 0.556. The van der Waals surface area contributed by atoms with E-state index in [1.165, 1.54) is 12.7 Å². The Morgan fingerprint density at radius 3 is 2.58 bits per heavy atom. The molecule has 2 aliphatic heterocycles. The summed E-state index contributed by atoms with van der Waals surface area (Å²) in [6, 6.07) is 6.70. The van der Waals surface area contributed by atoms with Gasteiger partial charge in [-0.05, 0) is 62.0 Å². The molecule has 2 saturated heterocycles. The van der Waals surface area contributed by atoms with E-state index >= 15 is 0 Å². The zero-order chi connectivity index (χ0) is 28.8. The van der Waals surface area contributed by atoms with Crippen LogP contribution in [0.3, 0.4) is 0 Å². The van der Waals surface area contributed by atoms with Crippen LogP contribution in [-0.2, 0) is 17.7 Å². The number of piperidine rings is 1. The van der Waals surface area contributed by atoms with Crippen LogP contribution in [0.25, 0.3) is 0 Å². The lowest BCUT2D eigenvalue weighted by Gasteiger charge is -2.47. The molecule has 1 amide bonds. The number of piperazine rings is 1. The lowest BCUT2D eigenvalue weighted by molar-refractivity contribution is 0.0593. The molecule has 1 atom stereocenters. The third-order valence-electron chi connectivity index (χ3n) is 7.80. The molecule has 218 valence electrons. The molecular weight excluding hydrogens is 557 g/mol. The number of ether oxygens (including phenoxy) is 1. The molecule has 2 fully saturated rings. The van der Waals surface area contributed by atoms with E-state index in [0.29, 0.717) is 35.9 Å². The molecule has 0 radical (unpaired) electrons. The van der Waals surface area contributed by atoms with Crippen LogP contribution < -0.4 is 16.0 Å². The van der Waals surface area contributed by atoms with Crippen molar-refractivity contribution in [2.75, 3.05) is 57.0 Å². The number of halogens is 2. The summed E-state index contributed by atoms with van der Waals surface area (Å²) < 4.78 is 4.72. The smallest absolute Gasteiger partial charge is 0.404 e. The van der Waals surface area contributed by atoms with Crippen LogP contribution in [0.2, 0.25) is 10.2 Å². The van der Waals surface area contributed by atoms with E-state index in [-0.39, 0.29) is 16.7 Å². The SMILES string of the molecule is CC[C@H]1CN(c2nc(N)c(C(=O)OC)nc2Cl)CCN1C1CCN(Cc2ccc(Cl)cc2CCNC(=O)O)CC1. The number of hydrogen-bond acceptors (Lipinski definition) is 9. The average Bonchev–Trinajstić information content (AvgIpc) is 2.95. The third-order valence-corrected chi connectivity index (χ3v) is 8.29. The van der Waals surface area contributed by atoms with Gasteiger partial charge in [0.2, 0.25) is 0 Å². The van der Waals surface area contributed by atoms with Crippen LogP contribution in [0, 0.1) is 0 Å². The van der Waals surface area contributed by atoms with Crippen molar-refractivity contribution >= 4 is 46.9 Å². The Hall–Kier alpha value is -2.86. The fourth-order valence-corrected chi connectivity index (χ4v) is 6.15. The highest BCUT2D eigenvalue weighted by atomic mass is 35.5. The van der Waals surface area contributed by atoms with Gasteiger partial charge >= 0.3 is 12.1 Å². The molecule has 0 saturated carbocycles. The third kappa shape index (κ3) is 7.25. The quantitative estimate of drug-likeness (QED) is 0.370. The Morgan fingerprint density at radius 1 is 1.15 bits per heavy atom. The van der Waals surface area contributed by atoms with Gasteiger partial charge in [0, 0.05) is 49.8 Å². The van der Waals surface area contributed by atoms with Crippen LogP contribution in [0.4, 0.5) is 16.4 Å². The summed E-state index contributed by atoms with van der Waals surface area (Å²) in [5.41, 5.74) is 8.19. The molecule has 1 aromatic heterocycles. The fourth-order valence-electron chi connectivity index (χ4n) is 5.71. The van der Waals surface area contributed by atoms with Crippen LogP contribution in [0.15, 0.2) is 18.2 Å². The summed E-state index contributed by atoms with van der Waals surface area (Å²) in [5.74, 6) is -0.156. The van der Waals surface area contributed by atoms with Crippen LogP contribution in [0.1, 0.15) is 47.8 Å². The second-order valence-corrected chi connectivity index (χ2v) is 11.0. The van der Waals surface area contributed by atoms with E-state index < -0.39 is 12.1 Å². The molecule has 2 aliphatic rings. The predicted octanol–water partition coefficient (Wildman–Crippen LogP) is 3.53. The standard InChI is InChI=1S/C27H37Cl2N7O4/c1-3-20-16-35(25-23(29)32-22(24(30)33-25)26(37)40-2)12-13-36(20)21-7-10-34(11-8-21)15-18-4-5-19(28)14-17(18)6-9-31-27(38)39/h4-5,14,20-21,31H,3,6-13,15-16H2,1-2H3,(H2,30,33)(H,38,39)/t20-/m0/s1. The van der Waals surface area contributed by atoms with Gasteiger partial charge in [0.25, 0.3) is 0 Å². The van der Waals surface area contributed by atoms with Gasteiger partial charge in [-0.1, -0.05) is 36.2 Å². The number of anilines is 2. The zero-order valence-electron chi connectivity index (χ0n) is 22.9. The molecule has 0 unspecified atom stereocenters. The number of nitrogens with two attached hydrogens (primary N) is 1. The number of benzene rings is 1. The minimum atomic E-state index is -1.02. The Labute approximate surface area is 244 Å². The van der Waals surface area contributed by atoms with E-state index in [1.807, 2.05) is 12.1 Å². The van der Waals surface area contributed by atoms with E-state index in [4.69, 9.17) is 38.8 Å². The first-order valence-electron chi connectivity index (χ1n) is 13.6. The molecule has 13 heteroatoms. The maximum absolute atomic E-state index is 11.9. The second kappa shape index (κ2) is 13.7. The molecule has 11 nitrogen and oxygen atoms in total. The lowest BCUT2D eigenvalue weighted by Crippen LogP contribution is -2.58. The van der Waals surface area contributed by atoms with E-state index in [0.717, 1.165) is 64.1 Å². The number of aromatic nitrogens is 2. The first-order chi connectivity index (χ1) is 19.2. The van der Waals surface area contributed by atoms with E-state index in [1.54, 1.807) is 0 Å². The van der Waals surface area contributed by atoms with Crippen molar-refractivity contribution in [2.45, 2.75) is 51.2 Å². The first-order valence-corrected chi connectivity index (χ1v) is 14.3. The summed E-state index contributed by atoms with van der Waals surface area (Å²) in [5, 5.41) is 12.1. The van der Waals surface area contributed by atoms with Gasteiger partial charge in [-0.2, -0.15) is 0 Å². The number of amides is 1. The van der Waals surface area contributed by atoms with Gasteiger partial charge in [0.1, 0.15) is 0 Å². The summed E-state index contributed by atoms with van der Waals surface area (Å²) >= 11 is 12.6. The van der Waals surface area contributed by atoms with Crippen molar-refractivity contribution < 1.29 is 19.4 Å². The van der Waals surface area contributed by atoms with Crippen molar-refractivity contribution in [1.82, 2.24) is 25.1 Å². The van der Waals surface area contributed by atoms with Gasteiger partial charge in [-0.3, -0.25) is 9.80 Å². The number of carbonyl (C=O) groups is 2. The highest BCUT2D eigenvalue weighted by molar-refractivity contribution is 6.32. The Balaban J connectivity index is 1.35. The minimum Gasteiger partial charge on any atom is -0.465 e. The summed E-state index contributed by atoms with van der Waals surface area (Å²) in [6.45, 7) is 7.70. The number of rotatable bonds is 9.